The van der Waals surface area contributed by atoms with Crippen LogP contribution in [0.1, 0.15) is 17.3 Å². The number of aliphatic hydroxyl groups excluding tert-OH is 1. The maximum atomic E-state index is 13.7. The van der Waals surface area contributed by atoms with Gasteiger partial charge in [-0.1, -0.05) is 0 Å². The van der Waals surface area contributed by atoms with E-state index in [1.54, 1.807) is 29.5 Å². The van der Waals surface area contributed by atoms with Crippen molar-refractivity contribution in [1.29, 1.82) is 0 Å². The van der Waals surface area contributed by atoms with Crippen LogP contribution in [-0.2, 0) is 11.3 Å². The predicted octanol–water partition coefficient (Wildman–Crippen LogP) is 1.91. The van der Waals surface area contributed by atoms with Crippen molar-refractivity contribution >= 4 is 39.5 Å². The summed E-state index contributed by atoms with van der Waals surface area (Å²) in [6, 6.07) is 2.62. The van der Waals surface area contributed by atoms with Gasteiger partial charge >= 0.3 is 5.97 Å². The third-order valence-electron chi connectivity index (χ3n) is 2.96. The quantitative estimate of drug-likeness (QED) is 0.624. The summed E-state index contributed by atoms with van der Waals surface area (Å²) in [6.45, 7) is 1.73. The number of rotatable bonds is 4. The number of hydrogen-bond donors (Lipinski definition) is 1. The van der Waals surface area contributed by atoms with Gasteiger partial charge in [-0.05, 0) is 41.6 Å². The number of ether oxygens (including phenoxy) is 1. The van der Waals surface area contributed by atoms with Crippen LogP contribution in [0.25, 0.3) is 10.9 Å². The Labute approximate surface area is 133 Å². The Kier molecular flexibility index (Phi) is 4.94. The number of hydrogen-bond acceptors (Lipinski definition) is 4. The average Bonchev–Trinajstić information content (AvgIpc) is 2.44. The molecule has 0 aliphatic rings. The lowest BCUT2D eigenvalue weighted by atomic mass is 10.1. The Hall–Kier alpha value is -1.48. The number of halogens is 2. The van der Waals surface area contributed by atoms with E-state index in [4.69, 9.17) is 9.84 Å². The topological polar surface area (TPSA) is 68.5 Å². The molecule has 0 amide bonds. The van der Waals surface area contributed by atoms with Crippen molar-refractivity contribution in [2.75, 3.05) is 13.2 Å². The fourth-order valence-electron chi connectivity index (χ4n) is 2.03. The molecule has 112 valence electrons. The van der Waals surface area contributed by atoms with Gasteiger partial charge in [-0.15, -0.1) is 0 Å². The molecule has 0 radical (unpaired) electrons. The third-order valence-corrected chi connectivity index (χ3v) is 3.79. The van der Waals surface area contributed by atoms with Crippen LogP contribution in [0.4, 0.5) is 4.39 Å². The fourth-order valence-corrected chi connectivity index (χ4v) is 2.50. The molecule has 0 fully saturated rings. The number of benzene rings is 1. The van der Waals surface area contributed by atoms with E-state index in [1.807, 2.05) is 0 Å². The summed E-state index contributed by atoms with van der Waals surface area (Å²) >= 11 is 1.78. The number of aliphatic hydroxyl groups is 1. The molecular formula is C14H13FINO4. The van der Waals surface area contributed by atoms with E-state index in [-0.39, 0.29) is 34.3 Å². The molecule has 0 unspecified atom stereocenters. The van der Waals surface area contributed by atoms with E-state index in [0.717, 1.165) is 0 Å². The van der Waals surface area contributed by atoms with E-state index in [9.17, 15) is 14.0 Å². The van der Waals surface area contributed by atoms with Crippen molar-refractivity contribution in [1.82, 2.24) is 4.57 Å². The van der Waals surface area contributed by atoms with Crippen molar-refractivity contribution in [3.8, 4) is 0 Å². The van der Waals surface area contributed by atoms with Gasteiger partial charge in [-0.2, -0.15) is 0 Å². The summed E-state index contributed by atoms with van der Waals surface area (Å²) in [4.78, 5) is 24.2. The second-order valence-corrected chi connectivity index (χ2v) is 5.46. The standard InChI is InChI=1S/C14H13FINO4/c1-2-21-14(20)9-7-17(3-4-18)12-6-10(15)11(16)5-8(12)13(9)19/h5-7,18H,2-4H2,1H3. The van der Waals surface area contributed by atoms with Gasteiger partial charge in [0, 0.05) is 21.7 Å². The lowest BCUT2D eigenvalue weighted by Crippen LogP contribution is -2.21. The molecule has 0 bridgehead atoms. The molecule has 1 heterocycles. The number of esters is 1. The van der Waals surface area contributed by atoms with Gasteiger partial charge in [0.2, 0.25) is 5.43 Å². The molecule has 2 aromatic rings. The number of carbonyl (C=O) groups is 1. The van der Waals surface area contributed by atoms with E-state index in [0.29, 0.717) is 5.52 Å². The van der Waals surface area contributed by atoms with Crippen molar-refractivity contribution in [3.63, 3.8) is 0 Å². The number of fused-ring (bicyclic) bond motifs is 1. The zero-order valence-electron chi connectivity index (χ0n) is 11.2. The van der Waals surface area contributed by atoms with Gasteiger partial charge < -0.3 is 14.4 Å². The zero-order chi connectivity index (χ0) is 15.6. The summed E-state index contributed by atoms with van der Waals surface area (Å²) in [6.07, 6.45) is 1.30. The van der Waals surface area contributed by atoms with Gasteiger partial charge in [0.1, 0.15) is 11.4 Å². The lowest BCUT2D eigenvalue weighted by Gasteiger charge is -2.12. The van der Waals surface area contributed by atoms with Crippen molar-refractivity contribution < 1.29 is 19.0 Å². The Morgan fingerprint density at radius 2 is 2.19 bits per heavy atom. The molecule has 0 saturated heterocycles. The van der Waals surface area contributed by atoms with Crippen LogP contribution in [-0.4, -0.2) is 28.9 Å². The highest BCUT2D eigenvalue weighted by Gasteiger charge is 2.17. The summed E-state index contributed by atoms with van der Waals surface area (Å²) < 4.78 is 20.3. The highest BCUT2D eigenvalue weighted by atomic mass is 127. The molecule has 1 aromatic carbocycles. The lowest BCUT2D eigenvalue weighted by molar-refractivity contribution is 0.0524. The first kappa shape index (κ1) is 15.9. The molecule has 1 aromatic heterocycles. The van der Waals surface area contributed by atoms with Crippen LogP contribution in [0, 0.1) is 9.39 Å². The minimum atomic E-state index is -0.726. The van der Waals surface area contributed by atoms with E-state index < -0.39 is 17.2 Å². The van der Waals surface area contributed by atoms with Crippen molar-refractivity contribution in [3.05, 3.63) is 43.5 Å². The Morgan fingerprint density at radius 3 is 2.81 bits per heavy atom. The number of aromatic nitrogens is 1. The van der Waals surface area contributed by atoms with Gasteiger partial charge in [0.15, 0.2) is 0 Å². The molecule has 21 heavy (non-hydrogen) atoms. The smallest absolute Gasteiger partial charge is 0.343 e. The predicted molar refractivity (Wildman–Crippen MR) is 83.9 cm³/mol. The van der Waals surface area contributed by atoms with E-state index in [2.05, 4.69) is 0 Å². The molecule has 0 saturated carbocycles. The SMILES string of the molecule is CCOC(=O)c1cn(CCO)c2cc(F)c(I)cc2c1=O. The second-order valence-electron chi connectivity index (χ2n) is 4.29. The monoisotopic (exact) mass is 405 g/mol. The average molecular weight is 405 g/mol. The molecule has 0 spiro atoms. The van der Waals surface area contributed by atoms with Crippen molar-refractivity contribution in [2.24, 2.45) is 0 Å². The highest BCUT2D eigenvalue weighted by molar-refractivity contribution is 14.1. The maximum Gasteiger partial charge on any atom is 0.343 e. The summed E-state index contributed by atoms with van der Waals surface area (Å²) in [5, 5.41) is 9.32. The van der Waals surface area contributed by atoms with Crippen LogP contribution in [0.15, 0.2) is 23.1 Å². The first-order valence-electron chi connectivity index (χ1n) is 6.29. The van der Waals surface area contributed by atoms with Crippen LogP contribution in [0.3, 0.4) is 0 Å². The number of nitrogens with zero attached hydrogens (tertiary/aromatic N) is 1. The van der Waals surface area contributed by atoms with Crippen LogP contribution >= 0.6 is 22.6 Å². The highest BCUT2D eigenvalue weighted by Crippen LogP contribution is 2.19. The van der Waals surface area contributed by atoms with E-state index in [1.165, 1.54) is 22.9 Å². The van der Waals surface area contributed by atoms with E-state index >= 15 is 0 Å². The minimum Gasteiger partial charge on any atom is -0.462 e. The van der Waals surface area contributed by atoms with Crippen LogP contribution in [0.5, 0.6) is 0 Å². The zero-order valence-corrected chi connectivity index (χ0v) is 13.4. The maximum absolute atomic E-state index is 13.7. The van der Waals surface area contributed by atoms with Gasteiger partial charge in [-0.25, -0.2) is 9.18 Å². The molecular weight excluding hydrogens is 392 g/mol. The largest absolute Gasteiger partial charge is 0.462 e. The van der Waals surface area contributed by atoms with Gasteiger partial charge in [0.25, 0.3) is 0 Å². The first-order chi connectivity index (χ1) is 9.99. The molecule has 1 N–H and O–H groups in total. The summed E-state index contributed by atoms with van der Waals surface area (Å²) in [5.74, 6) is -1.19. The number of pyridine rings is 1. The second kappa shape index (κ2) is 6.52. The normalized spacial score (nSPS) is 10.9. The Balaban J connectivity index is 2.79. The first-order valence-corrected chi connectivity index (χ1v) is 7.37. The molecule has 2 rings (SSSR count). The van der Waals surface area contributed by atoms with Crippen molar-refractivity contribution in [2.45, 2.75) is 13.5 Å². The number of carbonyl (C=O) groups excluding carboxylic acids is 1. The summed E-state index contributed by atoms with van der Waals surface area (Å²) in [5.41, 5.74) is -0.296. The van der Waals surface area contributed by atoms with Crippen LogP contribution in [0.2, 0.25) is 0 Å². The third kappa shape index (κ3) is 3.08. The fraction of sp³-hybridized carbons (Fsp3) is 0.286. The van der Waals surface area contributed by atoms with Gasteiger partial charge in [-0.3, -0.25) is 4.79 Å². The molecule has 0 atom stereocenters. The Bertz CT molecular complexity index is 757. The molecule has 7 heteroatoms. The van der Waals surface area contributed by atoms with Crippen LogP contribution < -0.4 is 5.43 Å². The van der Waals surface area contributed by atoms with Gasteiger partial charge in [0.05, 0.1) is 18.7 Å². The molecule has 0 aliphatic heterocycles. The summed E-state index contributed by atoms with van der Waals surface area (Å²) in [7, 11) is 0. The minimum absolute atomic E-state index is 0.125. The molecule has 5 nitrogen and oxygen atoms in total. The Morgan fingerprint density at radius 1 is 1.48 bits per heavy atom. The molecule has 0 aliphatic carbocycles.